The average Bonchev–Trinajstić information content (AvgIpc) is 2.38. The third kappa shape index (κ3) is 5.70. The molecule has 0 amide bonds. The molecule has 0 aromatic carbocycles. The van der Waals surface area contributed by atoms with Gasteiger partial charge in [-0.1, -0.05) is 13.8 Å². The Kier molecular flexibility index (Phi) is 6.66. The molecule has 114 valence electrons. The highest BCUT2D eigenvalue weighted by atomic mass is 32.2. The summed E-state index contributed by atoms with van der Waals surface area (Å²) in [5.41, 5.74) is 0. The van der Waals surface area contributed by atoms with Gasteiger partial charge in [0.2, 0.25) is 10.0 Å². The van der Waals surface area contributed by atoms with Gasteiger partial charge in [0.1, 0.15) is 17.5 Å². The van der Waals surface area contributed by atoms with Gasteiger partial charge in [0, 0.05) is 32.6 Å². The predicted octanol–water partition coefficient (Wildman–Crippen LogP) is 0.822. The van der Waals surface area contributed by atoms with Gasteiger partial charge in [-0.05, 0) is 6.42 Å². The minimum Gasteiger partial charge on any atom is -0.373 e. The summed E-state index contributed by atoms with van der Waals surface area (Å²) in [4.78, 5) is 8.69. The van der Waals surface area contributed by atoms with E-state index < -0.39 is 10.0 Å². The summed E-state index contributed by atoms with van der Waals surface area (Å²) in [6.07, 6.45) is 1.75. The van der Waals surface area contributed by atoms with Crippen molar-refractivity contribution in [3.8, 4) is 0 Å². The van der Waals surface area contributed by atoms with Crippen molar-refractivity contribution >= 4 is 21.7 Å². The SMILES string of the molecule is CCCc1nc(NC)cc(NCCS(=O)(=O)NCC)n1. The number of sulfonamides is 1. The topological polar surface area (TPSA) is 96.0 Å². The van der Waals surface area contributed by atoms with Crippen molar-refractivity contribution in [3.63, 3.8) is 0 Å². The molecule has 0 spiro atoms. The molecule has 20 heavy (non-hydrogen) atoms. The average molecular weight is 301 g/mol. The van der Waals surface area contributed by atoms with E-state index in [1.54, 1.807) is 20.0 Å². The molecule has 8 heteroatoms. The van der Waals surface area contributed by atoms with E-state index in [-0.39, 0.29) is 5.75 Å². The number of rotatable bonds is 9. The predicted molar refractivity (Wildman–Crippen MR) is 81.5 cm³/mol. The van der Waals surface area contributed by atoms with Crippen LogP contribution >= 0.6 is 0 Å². The normalized spacial score (nSPS) is 11.3. The number of anilines is 2. The van der Waals surface area contributed by atoms with Gasteiger partial charge in [0.25, 0.3) is 0 Å². The van der Waals surface area contributed by atoms with E-state index in [1.807, 2.05) is 0 Å². The van der Waals surface area contributed by atoms with Crippen LogP contribution in [0.4, 0.5) is 11.6 Å². The molecule has 1 heterocycles. The Labute approximate surface area is 120 Å². The van der Waals surface area contributed by atoms with Gasteiger partial charge >= 0.3 is 0 Å². The quantitative estimate of drug-likeness (QED) is 0.625. The van der Waals surface area contributed by atoms with E-state index in [2.05, 4.69) is 32.2 Å². The van der Waals surface area contributed by atoms with E-state index in [9.17, 15) is 8.42 Å². The molecule has 0 aliphatic carbocycles. The summed E-state index contributed by atoms with van der Waals surface area (Å²) in [5.74, 6) is 2.12. The largest absolute Gasteiger partial charge is 0.373 e. The second kappa shape index (κ2) is 8.01. The molecule has 0 fully saturated rings. The lowest BCUT2D eigenvalue weighted by Gasteiger charge is -2.10. The summed E-state index contributed by atoms with van der Waals surface area (Å²) in [5, 5.41) is 5.99. The molecule has 0 unspecified atom stereocenters. The van der Waals surface area contributed by atoms with Crippen molar-refractivity contribution in [3.05, 3.63) is 11.9 Å². The molecule has 0 saturated carbocycles. The fourth-order valence-corrected chi connectivity index (χ4v) is 2.61. The number of hydrogen-bond donors (Lipinski definition) is 3. The van der Waals surface area contributed by atoms with Crippen LogP contribution < -0.4 is 15.4 Å². The lowest BCUT2D eigenvalue weighted by molar-refractivity contribution is 0.584. The summed E-state index contributed by atoms with van der Waals surface area (Å²) in [6, 6.07) is 1.76. The van der Waals surface area contributed by atoms with Gasteiger partial charge in [-0.2, -0.15) is 0 Å². The molecule has 1 aromatic rings. The Morgan fingerprint density at radius 2 is 1.90 bits per heavy atom. The van der Waals surface area contributed by atoms with Gasteiger partial charge in [-0.3, -0.25) is 0 Å². The Balaban J connectivity index is 2.65. The van der Waals surface area contributed by atoms with E-state index in [4.69, 9.17) is 0 Å². The number of nitrogens with one attached hydrogen (secondary N) is 3. The molecule has 0 saturated heterocycles. The minimum atomic E-state index is -3.21. The van der Waals surface area contributed by atoms with Gasteiger partial charge in [-0.25, -0.2) is 23.1 Å². The van der Waals surface area contributed by atoms with Crippen molar-refractivity contribution < 1.29 is 8.42 Å². The molecule has 0 bridgehead atoms. The van der Waals surface area contributed by atoms with Crippen LogP contribution in [0, 0.1) is 0 Å². The molecular weight excluding hydrogens is 278 g/mol. The Hall–Kier alpha value is -1.41. The summed E-state index contributed by atoms with van der Waals surface area (Å²) in [6.45, 7) is 4.53. The molecule has 3 N–H and O–H groups in total. The minimum absolute atomic E-state index is 0.0167. The lowest BCUT2D eigenvalue weighted by Crippen LogP contribution is -2.29. The van der Waals surface area contributed by atoms with Crippen LogP contribution in [-0.2, 0) is 16.4 Å². The van der Waals surface area contributed by atoms with E-state index >= 15 is 0 Å². The monoisotopic (exact) mass is 301 g/mol. The molecule has 1 rings (SSSR count). The van der Waals surface area contributed by atoms with Crippen LogP contribution in [0.2, 0.25) is 0 Å². The molecule has 0 aliphatic heterocycles. The maximum Gasteiger partial charge on any atom is 0.213 e. The zero-order chi connectivity index (χ0) is 15.0. The van der Waals surface area contributed by atoms with Crippen molar-refractivity contribution in [2.75, 3.05) is 36.5 Å². The fourth-order valence-electron chi connectivity index (χ4n) is 1.66. The third-order valence-corrected chi connectivity index (χ3v) is 4.01. The van der Waals surface area contributed by atoms with Crippen LogP contribution in [0.15, 0.2) is 6.07 Å². The summed E-state index contributed by atoms with van der Waals surface area (Å²) >= 11 is 0. The second-order valence-corrected chi connectivity index (χ2v) is 6.22. The van der Waals surface area contributed by atoms with Gasteiger partial charge in [0.15, 0.2) is 0 Å². The fraction of sp³-hybridized carbons (Fsp3) is 0.667. The van der Waals surface area contributed by atoms with Gasteiger partial charge in [-0.15, -0.1) is 0 Å². The first-order chi connectivity index (χ1) is 9.50. The number of aryl methyl sites for hydroxylation is 1. The van der Waals surface area contributed by atoms with Crippen molar-refractivity contribution in [1.29, 1.82) is 0 Å². The van der Waals surface area contributed by atoms with Crippen molar-refractivity contribution in [2.45, 2.75) is 26.7 Å². The number of aromatic nitrogens is 2. The van der Waals surface area contributed by atoms with Gasteiger partial charge < -0.3 is 10.6 Å². The van der Waals surface area contributed by atoms with E-state index in [0.717, 1.165) is 24.5 Å². The Morgan fingerprint density at radius 1 is 1.20 bits per heavy atom. The van der Waals surface area contributed by atoms with Crippen LogP contribution in [0.5, 0.6) is 0 Å². The van der Waals surface area contributed by atoms with E-state index in [1.165, 1.54) is 0 Å². The zero-order valence-corrected chi connectivity index (χ0v) is 13.0. The molecule has 0 aliphatic rings. The molecule has 7 nitrogen and oxygen atoms in total. The molecule has 1 aromatic heterocycles. The highest BCUT2D eigenvalue weighted by molar-refractivity contribution is 7.89. The zero-order valence-electron chi connectivity index (χ0n) is 12.2. The van der Waals surface area contributed by atoms with Gasteiger partial charge in [0.05, 0.1) is 5.75 Å². The summed E-state index contributed by atoms with van der Waals surface area (Å²) in [7, 11) is -1.42. The third-order valence-electron chi connectivity index (χ3n) is 2.54. The summed E-state index contributed by atoms with van der Waals surface area (Å²) < 4.78 is 25.5. The van der Waals surface area contributed by atoms with Crippen LogP contribution in [0.1, 0.15) is 26.1 Å². The van der Waals surface area contributed by atoms with Crippen molar-refractivity contribution in [1.82, 2.24) is 14.7 Å². The number of hydrogen-bond acceptors (Lipinski definition) is 6. The second-order valence-electron chi connectivity index (χ2n) is 4.30. The standard InChI is InChI=1S/C12H23N5O2S/c1-4-6-10-16-11(13-3)9-12(17-10)14-7-8-20(18,19)15-5-2/h9,15H,4-8H2,1-3H3,(H2,13,14,16,17). The first kappa shape index (κ1) is 16.6. The molecule has 0 radical (unpaired) electrons. The highest BCUT2D eigenvalue weighted by Crippen LogP contribution is 2.11. The smallest absolute Gasteiger partial charge is 0.213 e. The Bertz CT molecular complexity index is 519. The first-order valence-corrected chi connectivity index (χ1v) is 8.43. The maximum absolute atomic E-state index is 11.5. The molecule has 0 atom stereocenters. The highest BCUT2D eigenvalue weighted by Gasteiger charge is 2.08. The number of nitrogens with zero attached hydrogens (tertiary/aromatic N) is 2. The molecular formula is C12H23N5O2S. The van der Waals surface area contributed by atoms with Crippen LogP contribution in [0.3, 0.4) is 0 Å². The Morgan fingerprint density at radius 3 is 2.50 bits per heavy atom. The van der Waals surface area contributed by atoms with E-state index in [0.29, 0.717) is 18.9 Å². The first-order valence-electron chi connectivity index (χ1n) is 6.77. The van der Waals surface area contributed by atoms with Crippen LogP contribution in [0.25, 0.3) is 0 Å². The maximum atomic E-state index is 11.5. The van der Waals surface area contributed by atoms with Crippen molar-refractivity contribution in [2.24, 2.45) is 0 Å². The lowest BCUT2D eigenvalue weighted by atomic mass is 10.3. The van der Waals surface area contributed by atoms with Crippen LogP contribution in [-0.4, -0.2) is 44.3 Å².